The molecular weight excluding hydrogens is 394 g/mol. The van der Waals surface area contributed by atoms with Gasteiger partial charge < -0.3 is 15.1 Å². The number of anilines is 2. The topological polar surface area (TPSA) is 52.7 Å². The van der Waals surface area contributed by atoms with E-state index >= 15 is 0 Å². The number of rotatable bonds is 10. The molecule has 0 saturated heterocycles. The summed E-state index contributed by atoms with van der Waals surface area (Å²) in [5, 5.41) is 4.88. The summed E-state index contributed by atoms with van der Waals surface area (Å²) in [6.45, 7) is 8.90. The fourth-order valence-electron chi connectivity index (χ4n) is 3.55. The van der Waals surface area contributed by atoms with Crippen LogP contribution in [0.2, 0.25) is 0 Å². The average Bonchev–Trinajstić information content (AvgIpc) is 3.27. The summed E-state index contributed by atoms with van der Waals surface area (Å²) in [5.74, 6) is 0.149. The van der Waals surface area contributed by atoms with E-state index in [1.54, 1.807) is 0 Å². The third-order valence-electron chi connectivity index (χ3n) is 5.65. The molecule has 1 unspecified atom stereocenters. The van der Waals surface area contributed by atoms with Gasteiger partial charge in [-0.3, -0.25) is 9.59 Å². The van der Waals surface area contributed by atoms with Gasteiger partial charge in [0.1, 0.15) is 0 Å². The van der Waals surface area contributed by atoms with E-state index in [0.29, 0.717) is 11.4 Å². The largest absolute Gasteiger partial charge is 0.377 e. The van der Waals surface area contributed by atoms with Crippen molar-refractivity contribution in [2.45, 2.75) is 59.5 Å². The monoisotopic (exact) mass is 429 g/mol. The molecule has 5 nitrogen and oxygen atoms in total. The highest BCUT2D eigenvalue weighted by molar-refractivity contribution is 7.12. The van der Waals surface area contributed by atoms with E-state index in [1.165, 1.54) is 11.3 Å². The third-order valence-corrected chi connectivity index (χ3v) is 6.51. The van der Waals surface area contributed by atoms with E-state index in [9.17, 15) is 9.59 Å². The van der Waals surface area contributed by atoms with Gasteiger partial charge in [-0.05, 0) is 61.4 Å². The minimum atomic E-state index is -0.111. The predicted molar refractivity (Wildman–Crippen MR) is 127 cm³/mol. The fraction of sp³-hybridized carbons (Fsp3) is 0.500. The Morgan fingerprint density at radius 3 is 2.30 bits per heavy atom. The second-order valence-electron chi connectivity index (χ2n) is 7.91. The molecular formula is C24H35N3O2S. The molecule has 0 radical (unpaired) electrons. The maximum absolute atomic E-state index is 13.3. The molecule has 164 valence electrons. The lowest BCUT2D eigenvalue weighted by Gasteiger charge is -2.33. The summed E-state index contributed by atoms with van der Waals surface area (Å²) >= 11 is 1.42. The maximum atomic E-state index is 13.3. The number of hydrogen-bond acceptors (Lipinski definition) is 4. The van der Waals surface area contributed by atoms with Crippen LogP contribution in [0.25, 0.3) is 0 Å². The molecule has 0 bridgehead atoms. The number of thiophene rings is 1. The minimum Gasteiger partial charge on any atom is -0.377 e. The summed E-state index contributed by atoms with van der Waals surface area (Å²) in [5.41, 5.74) is 2.83. The standard InChI is InChI=1S/C24H35N3O2S/c1-7-17(4)27(24(29)18(8-2)9-3)16-19-15-20(12-13-21(19)26(5)6)25-23(28)22-11-10-14-30-22/h10-15,17-18H,7-9,16H2,1-6H3,(H,25,28). The maximum Gasteiger partial charge on any atom is 0.265 e. The van der Waals surface area contributed by atoms with Crippen molar-refractivity contribution in [3.05, 3.63) is 46.2 Å². The van der Waals surface area contributed by atoms with Crippen LogP contribution in [-0.2, 0) is 11.3 Å². The van der Waals surface area contributed by atoms with Crippen LogP contribution in [0.1, 0.15) is 62.2 Å². The molecule has 2 rings (SSSR count). The lowest BCUT2D eigenvalue weighted by Crippen LogP contribution is -2.41. The molecule has 0 aliphatic heterocycles. The smallest absolute Gasteiger partial charge is 0.265 e. The van der Waals surface area contributed by atoms with Crippen molar-refractivity contribution in [1.82, 2.24) is 4.90 Å². The molecule has 2 aromatic rings. The summed E-state index contributed by atoms with van der Waals surface area (Å²) in [6.07, 6.45) is 2.59. The van der Waals surface area contributed by atoms with Crippen LogP contribution in [0, 0.1) is 5.92 Å². The van der Waals surface area contributed by atoms with Gasteiger partial charge in [-0.25, -0.2) is 0 Å². The Balaban J connectivity index is 2.35. The number of hydrogen-bond donors (Lipinski definition) is 1. The Hall–Kier alpha value is -2.34. The van der Waals surface area contributed by atoms with Crippen LogP contribution in [0.3, 0.4) is 0 Å². The van der Waals surface area contributed by atoms with Gasteiger partial charge in [0, 0.05) is 44.0 Å². The van der Waals surface area contributed by atoms with Gasteiger partial charge >= 0.3 is 0 Å². The van der Waals surface area contributed by atoms with Gasteiger partial charge in [0.2, 0.25) is 5.91 Å². The van der Waals surface area contributed by atoms with Gasteiger partial charge in [0.15, 0.2) is 0 Å². The average molecular weight is 430 g/mol. The molecule has 0 saturated carbocycles. The lowest BCUT2D eigenvalue weighted by molar-refractivity contribution is -0.138. The molecule has 30 heavy (non-hydrogen) atoms. The van der Waals surface area contributed by atoms with Crippen LogP contribution in [0.15, 0.2) is 35.7 Å². The molecule has 1 aromatic carbocycles. The normalized spacial score (nSPS) is 12.0. The van der Waals surface area contributed by atoms with Gasteiger partial charge in [0.05, 0.1) is 4.88 Å². The number of carbonyl (C=O) groups excluding carboxylic acids is 2. The van der Waals surface area contributed by atoms with Crippen molar-refractivity contribution < 1.29 is 9.59 Å². The van der Waals surface area contributed by atoms with Crippen molar-refractivity contribution in [2.75, 3.05) is 24.3 Å². The highest BCUT2D eigenvalue weighted by atomic mass is 32.1. The summed E-state index contributed by atoms with van der Waals surface area (Å²) in [6, 6.07) is 9.76. The van der Waals surface area contributed by atoms with Crippen LogP contribution < -0.4 is 10.2 Å². The lowest BCUT2D eigenvalue weighted by atomic mass is 9.99. The van der Waals surface area contributed by atoms with Crippen molar-refractivity contribution in [2.24, 2.45) is 5.92 Å². The number of amides is 2. The van der Waals surface area contributed by atoms with Gasteiger partial charge in [-0.1, -0.05) is 26.8 Å². The zero-order chi connectivity index (χ0) is 22.3. The Morgan fingerprint density at radius 1 is 1.07 bits per heavy atom. The van der Waals surface area contributed by atoms with Crippen LogP contribution >= 0.6 is 11.3 Å². The minimum absolute atomic E-state index is 0.0449. The number of nitrogens with zero attached hydrogens (tertiary/aromatic N) is 2. The van der Waals surface area contributed by atoms with E-state index in [-0.39, 0.29) is 23.8 Å². The van der Waals surface area contributed by atoms with Crippen molar-refractivity contribution in [3.63, 3.8) is 0 Å². The SMILES string of the molecule is CCC(CC)C(=O)N(Cc1cc(NC(=O)c2cccs2)ccc1N(C)C)C(C)CC. The number of carbonyl (C=O) groups is 2. The van der Waals surface area contributed by atoms with Crippen LogP contribution in [0.5, 0.6) is 0 Å². The van der Waals surface area contributed by atoms with Crippen molar-refractivity contribution in [3.8, 4) is 0 Å². The van der Waals surface area contributed by atoms with E-state index in [4.69, 9.17) is 0 Å². The molecule has 2 amide bonds. The van der Waals surface area contributed by atoms with Crippen molar-refractivity contribution in [1.29, 1.82) is 0 Å². The Bertz CT molecular complexity index is 829. The molecule has 0 fully saturated rings. The Kier molecular flexibility index (Phi) is 8.90. The number of benzene rings is 1. The quantitative estimate of drug-likeness (QED) is 0.532. The van der Waals surface area contributed by atoms with Gasteiger partial charge in [-0.2, -0.15) is 0 Å². The molecule has 1 heterocycles. The van der Waals surface area contributed by atoms with E-state index < -0.39 is 0 Å². The summed E-state index contributed by atoms with van der Waals surface area (Å²) in [7, 11) is 4.00. The Morgan fingerprint density at radius 2 is 1.77 bits per heavy atom. The fourth-order valence-corrected chi connectivity index (χ4v) is 4.17. The van der Waals surface area contributed by atoms with Gasteiger partial charge in [0.25, 0.3) is 5.91 Å². The summed E-state index contributed by atoms with van der Waals surface area (Å²) in [4.78, 5) is 30.5. The molecule has 0 aliphatic carbocycles. The first kappa shape index (κ1) is 23.9. The molecule has 0 aliphatic rings. The predicted octanol–water partition coefficient (Wildman–Crippen LogP) is 5.63. The van der Waals surface area contributed by atoms with E-state index in [2.05, 4.69) is 37.9 Å². The van der Waals surface area contributed by atoms with Gasteiger partial charge in [-0.15, -0.1) is 11.3 Å². The molecule has 0 spiro atoms. The van der Waals surface area contributed by atoms with E-state index in [1.807, 2.05) is 54.7 Å². The molecule has 1 N–H and O–H groups in total. The second kappa shape index (κ2) is 11.2. The first-order chi connectivity index (χ1) is 14.3. The van der Waals surface area contributed by atoms with E-state index in [0.717, 1.165) is 36.2 Å². The third kappa shape index (κ3) is 5.85. The van der Waals surface area contributed by atoms with Crippen LogP contribution in [-0.4, -0.2) is 36.9 Å². The Labute approximate surface area is 185 Å². The second-order valence-corrected chi connectivity index (χ2v) is 8.85. The summed E-state index contributed by atoms with van der Waals surface area (Å²) < 4.78 is 0. The zero-order valence-corrected chi connectivity index (χ0v) is 19.9. The first-order valence-electron chi connectivity index (χ1n) is 10.8. The highest BCUT2D eigenvalue weighted by Crippen LogP contribution is 2.27. The highest BCUT2D eigenvalue weighted by Gasteiger charge is 2.26. The molecule has 6 heteroatoms. The first-order valence-corrected chi connectivity index (χ1v) is 11.7. The zero-order valence-electron chi connectivity index (χ0n) is 19.1. The van der Waals surface area contributed by atoms with Crippen LogP contribution in [0.4, 0.5) is 11.4 Å². The molecule has 1 atom stereocenters. The molecule has 1 aromatic heterocycles. The van der Waals surface area contributed by atoms with Crippen molar-refractivity contribution >= 4 is 34.5 Å². The number of nitrogens with one attached hydrogen (secondary N) is 1.